The molecule has 1 aromatic rings. The first-order chi connectivity index (χ1) is 6.72. The van der Waals surface area contributed by atoms with Crippen molar-refractivity contribution in [3.63, 3.8) is 0 Å². The van der Waals surface area contributed by atoms with Crippen molar-refractivity contribution in [3.05, 3.63) is 35.4 Å². The van der Waals surface area contributed by atoms with Crippen LogP contribution in [-0.2, 0) is 17.6 Å². The van der Waals surface area contributed by atoms with Crippen LogP contribution in [0.3, 0.4) is 0 Å². The second-order valence-corrected chi connectivity index (χ2v) is 2.74. The van der Waals surface area contributed by atoms with Gasteiger partial charge >= 0.3 is 5.97 Å². The molecule has 78 valence electrons. The van der Waals surface area contributed by atoms with Crippen molar-refractivity contribution in [3.8, 4) is 0 Å². The van der Waals surface area contributed by atoms with Crippen LogP contribution in [0.2, 0.25) is 0 Å². The highest BCUT2D eigenvalue weighted by Gasteiger charge is 1.99. The van der Waals surface area contributed by atoms with Gasteiger partial charge in [0, 0.05) is 0 Å². The van der Waals surface area contributed by atoms with Gasteiger partial charge in [0.1, 0.15) is 0 Å². The van der Waals surface area contributed by atoms with Crippen LogP contribution in [0.4, 0.5) is 0 Å². The molecule has 0 aliphatic rings. The zero-order chi connectivity index (χ0) is 11.0. The number of hydrogen-bond acceptors (Lipinski definition) is 1. The monoisotopic (exact) mass is 194 g/mol. The fraction of sp³-hybridized carbons (Fsp3) is 0.417. The molecule has 0 saturated heterocycles. The minimum absolute atomic E-state index is 0.119. The van der Waals surface area contributed by atoms with Crippen LogP contribution in [0.1, 0.15) is 31.9 Å². The number of aryl methyl sites for hydroxylation is 1. The molecule has 0 amide bonds. The van der Waals surface area contributed by atoms with E-state index in [1.54, 1.807) is 0 Å². The smallest absolute Gasteiger partial charge is 0.307 e. The van der Waals surface area contributed by atoms with Crippen LogP contribution in [0.5, 0.6) is 0 Å². The van der Waals surface area contributed by atoms with Gasteiger partial charge in [-0.05, 0) is 17.5 Å². The van der Waals surface area contributed by atoms with E-state index in [-0.39, 0.29) is 6.42 Å². The fourth-order valence-electron chi connectivity index (χ4n) is 1.13. The molecule has 0 bridgehead atoms. The maximum atomic E-state index is 10.4. The van der Waals surface area contributed by atoms with E-state index in [1.165, 1.54) is 5.56 Å². The van der Waals surface area contributed by atoms with Gasteiger partial charge in [-0.1, -0.05) is 45.0 Å². The number of aliphatic carboxylic acids is 1. The number of hydrogen-bond donors (Lipinski definition) is 1. The summed E-state index contributed by atoms with van der Waals surface area (Å²) in [4.78, 5) is 10.4. The molecule has 0 unspecified atom stereocenters. The number of carbonyl (C=O) groups is 1. The maximum absolute atomic E-state index is 10.4. The van der Waals surface area contributed by atoms with Gasteiger partial charge in [-0.25, -0.2) is 0 Å². The molecule has 2 nitrogen and oxygen atoms in total. The fourth-order valence-corrected chi connectivity index (χ4v) is 1.13. The lowest BCUT2D eigenvalue weighted by molar-refractivity contribution is -0.136. The predicted octanol–water partition coefficient (Wildman–Crippen LogP) is 2.90. The Hall–Kier alpha value is -1.31. The zero-order valence-corrected chi connectivity index (χ0v) is 9.08. The van der Waals surface area contributed by atoms with E-state index in [1.807, 2.05) is 38.1 Å². The standard InChI is InChI=1S/C10H12O2.C2H6/c1-2-8-4-3-5-9(6-8)7-10(11)12;1-2/h3-6H,2,7H2,1H3,(H,11,12);1-2H3. The first-order valence-electron chi connectivity index (χ1n) is 5.02. The summed E-state index contributed by atoms with van der Waals surface area (Å²) in [6.07, 6.45) is 1.07. The topological polar surface area (TPSA) is 37.3 Å². The molecule has 0 aliphatic heterocycles. The van der Waals surface area contributed by atoms with Gasteiger partial charge in [0.2, 0.25) is 0 Å². The van der Waals surface area contributed by atoms with E-state index in [0.717, 1.165) is 12.0 Å². The Balaban J connectivity index is 0.000000791. The Bertz CT molecular complexity index is 279. The molecule has 2 heteroatoms. The molecule has 0 radical (unpaired) electrons. The molecule has 1 aromatic carbocycles. The summed E-state index contributed by atoms with van der Waals surface area (Å²) in [6, 6.07) is 7.68. The zero-order valence-electron chi connectivity index (χ0n) is 9.08. The molecule has 1 N–H and O–H groups in total. The minimum Gasteiger partial charge on any atom is -0.481 e. The third-order valence-electron chi connectivity index (χ3n) is 1.75. The summed E-state index contributed by atoms with van der Waals surface area (Å²) in [5, 5.41) is 8.53. The van der Waals surface area contributed by atoms with Crippen LogP contribution < -0.4 is 0 Å². The van der Waals surface area contributed by atoms with E-state index in [0.29, 0.717) is 0 Å². The first-order valence-corrected chi connectivity index (χ1v) is 5.02. The van der Waals surface area contributed by atoms with E-state index in [4.69, 9.17) is 5.11 Å². The van der Waals surface area contributed by atoms with Crippen LogP contribution in [0, 0.1) is 0 Å². The Kier molecular flexibility index (Phi) is 6.46. The van der Waals surface area contributed by atoms with Crippen molar-refractivity contribution >= 4 is 5.97 Å². The SMILES string of the molecule is CC.CCc1cccc(CC(=O)O)c1. The van der Waals surface area contributed by atoms with E-state index in [2.05, 4.69) is 6.92 Å². The average Bonchev–Trinajstić information content (AvgIpc) is 2.20. The van der Waals surface area contributed by atoms with E-state index >= 15 is 0 Å². The minimum atomic E-state index is -0.775. The van der Waals surface area contributed by atoms with Crippen molar-refractivity contribution in [2.75, 3.05) is 0 Å². The summed E-state index contributed by atoms with van der Waals surface area (Å²) in [5.74, 6) is -0.775. The molecule has 0 fully saturated rings. The molecule has 0 aliphatic carbocycles. The van der Waals surface area contributed by atoms with Gasteiger partial charge in [-0.2, -0.15) is 0 Å². The summed E-state index contributed by atoms with van der Waals surface area (Å²) in [7, 11) is 0. The normalized spacial score (nSPS) is 8.79. The third-order valence-corrected chi connectivity index (χ3v) is 1.75. The molecular weight excluding hydrogens is 176 g/mol. The third kappa shape index (κ3) is 4.65. The van der Waals surface area contributed by atoms with Gasteiger partial charge in [0.05, 0.1) is 6.42 Å². The maximum Gasteiger partial charge on any atom is 0.307 e. The van der Waals surface area contributed by atoms with Gasteiger partial charge in [0.25, 0.3) is 0 Å². The first kappa shape index (κ1) is 12.7. The summed E-state index contributed by atoms with van der Waals surface area (Å²) in [6.45, 7) is 6.06. The molecule has 14 heavy (non-hydrogen) atoms. The molecule has 0 aromatic heterocycles. The second kappa shape index (κ2) is 7.13. The number of carboxylic acids is 1. The van der Waals surface area contributed by atoms with Crippen LogP contribution >= 0.6 is 0 Å². The van der Waals surface area contributed by atoms with Crippen LogP contribution in [-0.4, -0.2) is 11.1 Å². The molecule has 0 saturated carbocycles. The van der Waals surface area contributed by atoms with Gasteiger partial charge in [-0.3, -0.25) is 4.79 Å². The van der Waals surface area contributed by atoms with Crippen molar-refractivity contribution in [1.29, 1.82) is 0 Å². The predicted molar refractivity (Wildman–Crippen MR) is 58.5 cm³/mol. The highest BCUT2D eigenvalue weighted by atomic mass is 16.4. The average molecular weight is 194 g/mol. The summed E-state index contributed by atoms with van der Waals surface area (Å²) >= 11 is 0. The van der Waals surface area contributed by atoms with Crippen molar-refractivity contribution < 1.29 is 9.90 Å². The lowest BCUT2D eigenvalue weighted by Gasteiger charge is -1.99. The molecule has 0 atom stereocenters. The molecule has 1 rings (SSSR count). The highest BCUT2D eigenvalue weighted by Crippen LogP contribution is 2.06. The summed E-state index contributed by atoms with van der Waals surface area (Å²) < 4.78 is 0. The van der Waals surface area contributed by atoms with Gasteiger partial charge in [-0.15, -0.1) is 0 Å². The van der Waals surface area contributed by atoms with Crippen molar-refractivity contribution in [2.45, 2.75) is 33.6 Å². The number of rotatable bonds is 3. The van der Waals surface area contributed by atoms with Gasteiger partial charge in [0.15, 0.2) is 0 Å². The van der Waals surface area contributed by atoms with Crippen LogP contribution in [0.15, 0.2) is 24.3 Å². The Labute approximate surface area is 85.6 Å². The molecular formula is C12H18O2. The number of benzene rings is 1. The van der Waals surface area contributed by atoms with Crippen molar-refractivity contribution in [1.82, 2.24) is 0 Å². The number of carboxylic acid groups (broad SMARTS) is 1. The second-order valence-electron chi connectivity index (χ2n) is 2.74. The van der Waals surface area contributed by atoms with Gasteiger partial charge < -0.3 is 5.11 Å². The lowest BCUT2D eigenvalue weighted by atomic mass is 10.1. The lowest BCUT2D eigenvalue weighted by Crippen LogP contribution is -2.00. The Morgan fingerprint density at radius 3 is 2.36 bits per heavy atom. The van der Waals surface area contributed by atoms with E-state index < -0.39 is 5.97 Å². The van der Waals surface area contributed by atoms with E-state index in [9.17, 15) is 4.79 Å². The highest BCUT2D eigenvalue weighted by molar-refractivity contribution is 5.70. The summed E-state index contributed by atoms with van der Waals surface area (Å²) in [5.41, 5.74) is 2.07. The molecule has 0 heterocycles. The Morgan fingerprint density at radius 1 is 1.29 bits per heavy atom. The quantitative estimate of drug-likeness (QED) is 0.803. The van der Waals surface area contributed by atoms with Crippen LogP contribution in [0.25, 0.3) is 0 Å². The largest absolute Gasteiger partial charge is 0.481 e. The molecule has 0 spiro atoms. The Morgan fingerprint density at radius 2 is 1.86 bits per heavy atom. The van der Waals surface area contributed by atoms with Crippen molar-refractivity contribution in [2.24, 2.45) is 0 Å².